The van der Waals surface area contributed by atoms with E-state index in [2.05, 4.69) is 10.6 Å². The molecule has 0 aromatic heterocycles. The number of hydrogen-bond acceptors (Lipinski definition) is 5. The minimum Gasteiger partial charge on any atom is -0.480 e. The molecule has 0 fully saturated rings. The van der Waals surface area contributed by atoms with Crippen LogP contribution in [0.3, 0.4) is 0 Å². The molecular formula is C20H30N2O6. The number of nitrogens with one attached hydrogen (secondary N) is 2. The van der Waals surface area contributed by atoms with Gasteiger partial charge in [0, 0.05) is 6.54 Å². The van der Waals surface area contributed by atoms with E-state index in [1.54, 1.807) is 45.0 Å². The Labute approximate surface area is 165 Å². The Morgan fingerprint density at radius 1 is 1.00 bits per heavy atom. The number of hydrogen-bond donors (Lipinski definition) is 4. The fraction of sp³-hybridized carbons (Fsp3) is 0.550. The van der Waals surface area contributed by atoms with Crippen LogP contribution in [-0.4, -0.2) is 52.5 Å². The predicted molar refractivity (Wildman–Crippen MR) is 104 cm³/mol. The monoisotopic (exact) mass is 394 g/mol. The Hall–Kier alpha value is -2.61. The van der Waals surface area contributed by atoms with E-state index in [0.717, 1.165) is 5.56 Å². The third kappa shape index (κ3) is 9.91. The number of benzene rings is 1. The molecule has 1 unspecified atom stereocenters. The Morgan fingerprint density at radius 2 is 1.61 bits per heavy atom. The number of rotatable bonds is 11. The highest BCUT2D eigenvalue weighted by Gasteiger charge is 2.26. The van der Waals surface area contributed by atoms with Crippen molar-refractivity contribution in [3.05, 3.63) is 35.9 Å². The van der Waals surface area contributed by atoms with Gasteiger partial charge >= 0.3 is 18.0 Å². The predicted octanol–water partition coefficient (Wildman–Crippen LogP) is 2.42. The molecule has 0 saturated heterocycles. The number of carboxylic acids is 2. The van der Waals surface area contributed by atoms with Crippen molar-refractivity contribution in [3.63, 3.8) is 0 Å². The average Bonchev–Trinajstić information content (AvgIpc) is 2.58. The van der Waals surface area contributed by atoms with E-state index in [9.17, 15) is 24.6 Å². The number of amides is 1. The van der Waals surface area contributed by atoms with Gasteiger partial charge in [-0.25, -0.2) is 4.79 Å². The van der Waals surface area contributed by atoms with Crippen LogP contribution in [0.4, 0.5) is 4.79 Å². The largest absolute Gasteiger partial charge is 0.480 e. The van der Waals surface area contributed by atoms with Gasteiger partial charge in [-0.05, 0) is 52.0 Å². The highest BCUT2D eigenvalue weighted by Crippen LogP contribution is 2.09. The lowest BCUT2D eigenvalue weighted by atomic mass is 10.0. The molecular weight excluding hydrogens is 364 g/mol. The van der Waals surface area contributed by atoms with Gasteiger partial charge in [-0.2, -0.15) is 0 Å². The summed E-state index contributed by atoms with van der Waals surface area (Å²) >= 11 is 0. The van der Waals surface area contributed by atoms with Crippen molar-refractivity contribution in [2.24, 2.45) is 0 Å². The van der Waals surface area contributed by atoms with Crippen LogP contribution < -0.4 is 10.6 Å². The van der Waals surface area contributed by atoms with Crippen molar-refractivity contribution in [2.45, 2.75) is 64.1 Å². The first-order chi connectivity index (χ1) is 13.1. The minimum absolute atomic E-state index is 0.195. The molecule has 1 aromatic rings. The Morgan fingerprint density at radius 3 is 2.14 bits per heavy atom. The van der Waals surface area contributed by atoms with Gasteiger partial charge in [-0.1, -0.05) is 30.3 Å². The van der Waals surface area contributed by atoms with Crippen LogP contribution >= 0.6 is 0 Å². The maximum atomic E-state index is 11.6. The highest BCUT2D eigenvalue weighted by atomic mass is 16.6. The summed E-state index contributed by atoms with van der Waals surface area (Å²) in [5.74, 6) is -2.19. The molecule has 8 nitrogen and oxygen atoms in total. The number of aliphatic carboxylic acids is 2. The molecule has 156 valence electrons. The summed E-state index contributed by atoms with van der Waals surface area (Å²) in [7, 11) is 0. The highest BCUT2D eigenvalue weighted by molar-refractivity contribution is 5.77. The first-order valence-electron chi connectivity index (χ1n) is 9.31. The Kier molecular flexibility index (Phi) is 9.44. The van der Waals surface area contributed by atoms with Crippen LogP contribution in [0.25, 0.3) is 0 Å². The van der Waals surface area contributed by atoms with E-state index < -0.39 is 35.7 Å². The van der Waals surface area contributed by atoms with E-state index in [0.29, 0.717) is 19.4 Å². The number of alkyl carbamates (subject to hydrolysis) is 1. The number of carbonyl (C=O) groups is 3. The van der Waals surface area contributed by atoms with Crippen molar-refractivity contribution >= 4 is 18.0 Å². The van der Waals surface area contributed by atoms with Crippen LogP contribution in [0.1, 0.15) is 45.6 Å². The summed E-state index contributed by atoms with van der Waals surface area (Å²) in [6, 6.07) is 7.07. The Bertz CT molecular complexity index is 642. The first-order valence-corrected chi connectivity index (χ1v) is 9.31. The summed E-state index contributed by atoms with van der Waals surface area (Å²) in [4.78, 5) is 34.6. The smallest absolute Gasteiger partial charge is 0.407 e. The minimum atomic E-state index is -1.10. The molecule has 1 rings (SSSR count). The SMILES string of the molecule is CC(C)(C)OC(=O)NCCCCC(N[C@@H](Cc1ccccc1)C(=O)O)C(=O)O. The first kappa shape index (κ1) is 23.4. The summed E-state index contributed by atoms with van der Waals surface area (Å²) < 4.78 is 5.12. The van der Waals surface area contributed by atoms with Gasteiger partial charge in [0.15, 0.2) is 0 Å². The molecule has 0 saturated carbocycles. The Balaban J connectivity index is 2.45. The zero-order valence-electron chi connectivity index (χ0n) is 16.6. The molecule has 0 spiro atoms. The number of ether oxygens (including phenoxy) is 1. The summed E-state index contributed by atoms with van der Waals surface area (Å²) in [5.41, 5.74) is 0.237. The molecule has 1 aromatic carbocycles. The molecule has 0 bridgehead atoms. The molecule has 8 heteroatoms. The lowest BCUT2D eigenvalue weighted by Gasteiger charge is -2.21. The average molecular weight is 394 g/mol. The van der Waals surface area contributed by atoms with Gasteiger partial charge in [0.05, 0.1) is 0 Å². The van der Waals surface area contributed by atoms with Gasteiger partial charge in [0.2, 0.25) is 0 Å². The molecule has 0 heterocycles. The molecule has 0 aliphatic rings. The lowest BCUT2D eigenvalue weighted by molar-refractivity contribution is -0.142. The third-order valence-electron chi connectivity index (χ3n) is 3.87. The maximum Gasteiger partial charge on any atom is 0.407 e. The lowest BCUT2D eigenvalue weighted by Crippen LogP contribution is -2.48. The fourth-order valence-electron chi connectivity index (χ4n) is 2.57. The molecule has 4 N–H and O–H groups in total. The molecule has 0 aliphatic heterocycles. The van der Waals surface area contributed by atoms with E-state index in [4.69, 9.17) is 4.74 Å². The van der Waals surface area contributed by atoms with Crippen molar-refractivity contribution < 1.29 is 29.3 Å². The second-order valence-corrected chi connectivity index (χ2v) is 7.56. The van der Waals surface area contributed by atoms with Crippen LogP contribution in [-0.2, 0) is 20.7 Å². The number of unbranched alkanes of at least 4 members (excludes halogenated alkanes) is 1. The standard InChI is InChI=1S/C20H30N2O6/c1-20(2,3)28-19(27)21-12-8-7-11-15(17(23)24)22-16(18(25)26)13-14-9-5-4-6-10-14/h4-6,9-10,15-16,22H,7-8,11-13H2,1-3H3,(H,21,27)(H,23,24)(H,25,26)/t15?,16-/m0/s1. The van der Waals surface area contributed by atoms with Gasteiger partial charge in [0.25, 0.3) is 0 Å². The fourth-order valence-corrected chi connectivity index (χ4v) is 2.57. The molecule has 28 heavy (non-hydrogen) atoms. The van der Waals surface area contributed by atoms with Crippen LogP contribution in [0.5, 0.6) is 0 Å². The van der Waals surface area contributed by atoms with E-state index in [-0.39, 0.29) is 12.8 Å². The second-order valence-electron chi connectivity index (χ2n) is 7.56. The van der Waals surface area contributed by atoms with Gasteiger partial charge < -0.3 is 20.3 Å². The van der Waals surface area contributed by atoms with Crippen LogP contribution in [0.15, 0.2) is 30.3 Å². The topological polar surface area (TPSA) is 125 Å². The molecule has 2 atom stereocenters. The molecule has 0 aliphatic carbocycles. The van der Waals surface area contributed by atoms with Gasteiger partial charge in [0.1, 0.15) is 17.7 Å². The van der Waals surface area contributed by atoms with E-state index in [1.165, 1.54) is 0 Å². The van der Waals surface area contributed by atoms with Crippen molar-refractivity contribution in [2.75, 3.05) is 6.54 Å². The molecule has 1 amide bonds. The van der Waals surface area contributed by atoms with Gasteiger partial charge in [-0.3, -0.25) is 14.9 Å². The summed E-state index contributed by atoms with van der Waals surface area (Å²) in [6.45, 7) is 5.66. The van der Waals surface area contributed by atoms with Crippen molar-refractivity contribution in [1.82, 2.24) is 10.6 Å². The number of carboxylic acid groups (broad SMARTS) is 2. The van der Waals surface area contributed by atoms with Crippen LogP contribution in [0, 0.1) is 0 Å². The quantitative estimate of drug-likeness (QED) is 0.425. The van der Waals surface area contributed by atoms with Gasteiger partial charge in [-0.15, -0.1) is 0 Å². The van der Waals surface area contributed by atoms with E-state index in [1.807, 2.05) is 6.07 Å². The van der Waals surface area contributed by atoms with Crippen molar-refractivity contribution in [3.8, 4) is 0 Å². The summed E-state index contributed by atoms with van der Waals surface area (Å²) in [6.07, 6.45) is 0.997. The second kappa shape index (κ2) is 11.3. The molecule has 0 radical (unpaired) electrons. The van der Waals surface area contributed by atoms with E-state index >= 15 is 0 Å². The zero-order valence-corrected chi connectivity index (χ0v) is 16.6. The van der Waals surface area contributed by atoms with Crippen molar-refractivity contribution in [1.29, 1.82) is 0 Å². The third-order valence-corrected chi connectivity index (χ3v) is 3.87. The normalized spacial score (nSPS) is 13.4. The zero-order chi connectivity index (χ0) is 21.2. The summed E-state index contributed by atoms with van der Waals surface area (Å²) in [5, 5.41) is 24.1. The maximum absolute atomic E-state index is 11.6. The van der Waals surface area contributed by atoms with Crippen LogP contribution in [0.2, 0.25) is 0 Å². The number of carbonyl (C=O) groups excluding carboxylic acids is 1.